The van der Waals surface area contributed by atoms with Crippen LogP contribution in [0.25, 0.3) is 0 Å². The van der Waals surface area contributed by atoms with Gasteiger partial charge in [-0.15, -0.1) is 0 Å². The van der Waals surface area contributed by atoms with Gasteiger partial charge in [0.15, 0.2) is 0 Å². The smallest absolute Gasteiger partial charge is 0.331 e. The van der Waals surface area contributed by atoms with Crippen LogP contribution in [0, 0.1) is 0 Å². The second-order valence-electron chi connectivity index (χ2n) is 5.97. The molecule has 0 spiro atoms. The molecule has 1 N–H and O–H groups in total. The zero-order valence-corrected chi connectivity index (χ0v) is 16.4. The molecule has 3 rings (SSSR count). The molecule has 3 aromatic rings. The van der Waals surface area contributed by atoms with Gasteiger partial charge >= 0.3 is 6.03 Å². The summed E-state index contributed by atoms with van der Waals surface area (Å²) in [7, 11) is -4.09. The number of urea groups is 1. The molecule has 6 nitrogen and oxygen atoms in total. The van der Waals surface area contributed by atoms with Crippen molar-refractivity contribution in [3.63, 3.8) is 0 Å². The standard InChI is InChI=1S/C20H18ClN3O3S/c21-18-10-8-17(9-11-18)15-24(28(26,27)19-7-4-12-22-14-19)20(25)23-13-16-5-2-1-3-6-16/h1-12,14H,13,15H2,(H,23,25). The molecular weight excluding hydrogens is 398 g/mol. The fourth-order valence-electron chi connectivity index (χ4n) is 2.51. The van der Waals surface area contributed by atoms with Gasteiger partial charge in [0.25, 0.3) is 10.0 Å². The van der Waals surface area contributed by atoms with Crippen LogP contribution in [0.2, 0.25) is 5.02 Å². The van der Waals surface area contributed by atoms with Crippen molar-refractivity contribution >= 4 is 27.7 Å². The van der Waals surface area contributed by atoms with Gasteiger partial charge in [-0.05, 0) is 35.4 Å². The SMILES string of the molecule is O=C(NCc1ccccc1)N(Cc1ccc(Cl)cc1)S(=O)(=O)c1cccnc1. The van der Waals surface area contributed by atoms with E-state index in [2.05, 4.69) is 10.3 Å². The van der Waals surface area contributed by atoms with E-state index < -0.39 is 16.1 Å². The van der Waals surface area contributed by atoms with E-state index in [9.17, 15) is 13.2 Å². The fourth-order valence-corrected chi connectivity index (χ4v) is 3.94. The van der Waals surface area contributed by atoms with Crippen LogP contribution in [0.15, 0.2) is 84.0 Å². The minimum absolute atomic E-state index is 0.0566. The molecule has 0 bridgehead atoms. The van der Waals surface area contributed by atoms with Crippen LogP contribution in [0.1, 0.15) is 11.1 Å². The molecule has 0 radical (unpaired) electrons. The van der Waals surface area contributed by atoms with E-state index >= 15 is 0 Å². The zero-order valence-electron chi connectivity index (χ0n) is 14.8. The second-order valence-corrected chi connectivity index (χ2v) is 8.27. The lowest BCUT2D eigenvalue weighted by Crippen LogP contribution is -2.43. The molecule has 2 amide bonds. The van der Waals surface area contributed by atoms with Gasteiger partial charge in [-0.1, -0.05) is 54.1 Å². The van der Waals surface area contributed by atoms with Gasteiger partial charge in [-0.25, -0.2) is 17.5 Å². The Hall–Kier alpha value is -2.90. The van der Waals surface area contributed by atoms with Crippen LogP contribution in [0.5, 0.6) is 0 Å². The first-order chi connectivity index (χ1) is 13.5. The van der Waals surface area contributed by atoms with Gasteiger partial charge in [0.2, 0.25) is 0 Å². The summed E-state index contributed by atoms with van der Waals surface area (Å²) >= 11 is 5.89. The number of aromatic nitrogens is 1. The molecule has 28 heavy (non-hydrogen) atoms. The highest BCUT2D eigenvalue weighted by molar-refractivity contribution is 7.89. The fraction of sp³-hybridized carbons (Fsp3) is 0.100. The third-order valence-electron chi connectivity index (χ3n) is 3.97. The van der Waals surface area contributed by atoms with Gasteiger partial charge in [0, 0.05) is 24.0 Å². The van der Waals surface area contributed by atoms with Crippen LogP contribution in [0.4, 0.5) is 4.79 Å². The number of carbonyl (C=O) groups excluding carboxylic acids is 1. The van der Waals surface area contributed by atoms with Gasteiger partial charge in [0.1, 0.15) is 4.90 Å². The molecule has 0 unspecified atom stereocenters. The number of hydrogen-bond acceptors (Lipinski definition) is 4. The van der Waals surface area contributed by atoms with Crippen molar-refractivity contribution < 1.29 is 13.2 Å². The Labute approximate surface area is 168 Å². The highest BCUT2D eigenvalue weighted by Gasteiger charge is 2.29. The number of halogens is 1. The average molecular weight is 416 g/mol. The van der Waals surface area contributed by atoms with Crippen molar-refractivity contribution in [1.82, 2.24) is 14.6 Å². The van der Waals surface area contributed by atoms with E-state index in [1.807, 2.05) is 30.3 Å². The van der Waals surface area contributed by atoms with Gasteiger partial charge in [-0.3, -0.25) is 4.98 Å². The summed E-state index contributed by atoms with van der Waals surface area (Å²) in [6, 6.07) is 18.1. The van der Waals surface area contributed by atoms with Crippen LogP contribution >= 0.6 is 11.6 Å². The Morgan fingerprint density at radius 3 is 2.32 bits per heavy atom. The molecule has 8 heteroatoms. The molecule has 0 aliphatic heterocycles. The van der Waals surface area contributed by atoms with Crippen molar-refractivity contribution in [3.05, 3.63) is 95.3 Å². The average Bonchev–Trinajstić information content (AvgIpc) is 2.73. The number of amides is 2. The highest BCUT2D eigenvalue weighted by Crippen LogP contribution is 2.19. The summed E-state index contributed by atoms with van der Waals surface area (Å²) < 4.78 is 26.9. The first-order valence-electron chi connectivity index (χ1n) is 8.46. The molecule has 0 fully saturated rings. The Morgan fingerprint density at radius 2 is 1.68 bits per heavy atom. The monoisotopic (exact) mass is 415 g/mol. The third kappa shape index (κ3) is 4.88. The lowest BCUT2D eigenvalue weighted by molar-refractivity contribution is 0.221. The van der Waals surface area contributed by atoms with E-state index in [4.69, 9.17) is 11.6 Å². The number of pyridine rings is 1. The molecule has 0 aliphatic carbocycles. The quantitative estimate of drug-likeness (QED) is 0.663. The Bertz CT molecular complexity index is 1030. The lowest BCUT2D eigenvalue weighted by Gasteiger charge is -2.23. The molecule has 0 saturated heterocycles. The first-order valence-corrected chi connectivity index (χ1v) is 10.3. The van der Waals surface area contributed by atoms with Crippen LogP contribution in [0.3, 0.4) is 0 Å². The van der Waals surface area contributed by atoms with Crippen LogP contribution in [-0.4, -0.2) is 23.7 Å². The van der Waals surface area contributed by atoms with Crippen LogP contribution in [-0.2, 0) is 23.1 Å². The van der Waals surface area contributed by atoms with Crippen molar-refractivity contribution in [2.24, 2.45) is 0 Å². The summed E-state index contributed by atoms with van der Waals surface area (Å²) in [5.74, 6) is 0. The van der Waals surface area contributed by atoms with E-state index in [0.717, 1.165) is 9.87 Å². The first kappa shape index (κ1) is 19.9. The maximum atomic E-state index is 13.1. The maximum absolute atomic E-state index is 13.1. The van der Waals surface area contributed by atoms with Gasteiger partial charge in [0.05, 0.1) is 6.54 Å². The Balaban J connectivity index is 1.87. The molecule has 2 aromatic carbocycles. The number of sulfonamides is 1. The summed E-state index contributed by atoms with van der Waals surface area (Å²) in [6.07, 6.45) is 2.69. The largest absolute Gasteiger partial charge is 0.333 e. The molecule has 0 atom stereocenters. The Kier molecular flexibility index (Phi) is 6.28. The highest BCUT2D eigenvalue weighted by atomic mass is 35.5. The summed E-state index contributed by atoms with van der Waals surface area (Å²) in [5.41, 5.74) is 1.49. The van der Waals surface area contributed by atoms with E-state index in [1.54, 1.807) is 24.3 Å². The number of nitrogens with one attached hydrogen (secondary N) is 1. The minimum Gasteiger partial charge on any atom is -0.333 e. The maximum Gasteiger partial charge on any atom is 0.331 e. The van der Waals surface area contributed by atoms with Gasteiger partial charge in [-0.2, -0.15) is 0 Å². The van der Waals surface area contributed by atoms with Gasteiger partial charge < -0.3 is 5.32 Å². The molecule has 1 heterocycles. The zero-order chi connectivity index (χ0) is 20.0. The van der Waals surface area contributed by atoms with Crippen molar-refractivity contribution in [3.8, 4) is 0 Å². The van der Waals surface area contributed by atoms with Crippen LogP contribution < -0.4 is 5.32 Å². The lowest BCUT2D eigenvalue weighted by atomic mass is 10.2. The molecule has 144 valence electrons. The molecule has 0 aliphatic rings. The van der Waals surface area contributed by atoms with E-state index in [-0.39, 0.29) is 18.0 Å². The minimum atomic E-state index is -4.09. The molecular formula is C20H18ClN3O3S. The van der Waals surface area contributed by atoms with Crippen molar-refractivity contribution in [2.75, 3.05) is 0 Å². The number of hydrogen-bond donors (Lipinski definition) is 1. The summed E-state index contributed by atoms with van der Waals surface area (Å²) in [6.45, 7) is 0.0777. The summed E-state index contributed by atoms with van der Waals surface area (Å²) in [4.78, 5) is 16.6. The van der Waals surface area contributed by atoms with E-state index in [0.29, 0.717) is 10.6 Å². The van der Waals surface area contributed by atoms with Crippen molar-refractivity contribution in [2.45, 2.75) is 18.0 Å². The number of benzene rings is 2. The number of rotatable bonds is 6. The molecule has 1 aromatic heterocycles. The second kappa shape index (κ2) is 8.86. The predicted octanol–water partition coefficient (Wildman–Crippen LogP) is 3.84. The molecule has 0 saturated carbocycles. The summed E-state index contributed by atoms with van der Waals surface area (Å²) in [5, 5.41) is 3.19. The number of carbonyl (C=O) groups is 1. The number of nitrogens with zero attached hydrogens (tertiary/aromatic N) is 2. The predicted molar refractivity (Wildman–Crippen MR) is 107 cm³/mol. The topological polar surface area (TPSA) is 79.4 Å². The normalized spacial score (nSPS) is 11.0. The van der Waals surface area contributed by atoms with Crippen molar-refractivity contribution in [1.29, 1.82) is 0 Å². The third-order valence-corrected chi connectivity index (χ3v) is 5.94. The van der Waals surface area contributed by atoms with E-state index in [1.165, 1.54) is 24.5 Å². The Morgan fingerprint density at radius 1 is 0.964 bits per heavy atom.